The van der Waals surface area contributed by atoms with Crippen LogP contribution in [0.15, 0.2) is 47.4 Å². The van der Waals surface area contributed by atoms with Gasteiger partial charge in [-0.15, -0.1) is 0 Å². The molecule has 1 aliphatic rings. The first-order chi connectivity index (χ1) is 14.8. The van der Waals surface area contributed by atoms with Gasteiger partial charge in [-0.05, 0) is 60.6 Å². The Kier molecular flexibility index (Phi) is 7.99. The van der Waals surface area contributed by atoms with E-state index in [0.29, 0.717) is 54.4 Å². The molecule has 2 aromatic carbocycles. The van der Waals surface area contributed by atoms with E-state index in [4.69, 9.17) is 33.3 Å². The van der Waals surface area contributed by atoms with Crippen molar-refractivity contribution in [3.05, 3.63) is 53.1 Å². The molecule has 7 nitrogen and oxygen atoms in total. The highest BCUT2D eigenvalue weighted by molar-refractivity contribution is 7.89. The third-order valence-corrected chi connectivity index (χ3v) is 7.68. The van der Waals surface area contributed by atoms with Gasteiger partial charge in [0.05, 0.1) is 19.1 Å². The Morgan fingerprint density at radius 1 is 1.03 bits per heavy atom. The fourth-order valence-corrected chi connectivity index (χ4v) is 5.18. The molecular formula is C21H26ClN3O4S2. The molecule has 1 aliphatic heterocycles. The van der Waals surface area contributed by atoms with Crippen LogP contribution in [-0.2, 0) is 16.4 Å². The summed E-state index contributed by atoms with van der Waals surface area (Å²) in [6.07, 6.45) is 0.769. The lowest BCUT2D eigenvalue weighted by Gasteiger charge is -2.35. The second-order valence-corrected chi connectivity index (χ2v) is 9.78. The number of sulfonamides is 1. The van der Waals surface area contributed by atoms with Gasteiger partial charge in [-0.25, -0.2) is 8.42 Å². The number of piperazine rings is 1. The van der Waals surface area contributed by atoms with E-state index < -0.39 is 10.0 Å². The Labute approximate surface area is 193 Å². The molecule has 1 N–H and O–H groups in total. The van der Waals surface area contributed by atoms with Gasteiger partial charge in [-0.2, -0.15) is 4.31 Å². The van der Waals surface area contributed by atoms with Crippen molar-refractivity contribution >= 4 is 39.0 Å². The second kappa shape index (κ2) is 10.5. The largest absolute Gasteiger partial charge is 0.493 e. The summed E-state index contributed by atoms with van der Waals surface area (Å²) in [5, 5.41) is 4.40. The number of benzene rings is 2. The van der Waals surface area contributed by atoms with Crippen LogP contribution in [0.25, 0.3) is 0 Å². The van der Waals surface area contributed by atoms with E-state index in [2.05, 4.69) is 5.32 Å². The van der Waals surface area contributed by atoms with Crippen molar-refractivity contribution in [2.24, 2.45) is 0 Å². The smallest absolute Gasteiger partial charge is 0.243 e. The molecule has 0 aromatic heterocycles. The molecule has 0 bridgehead atoms. The van der Waals surface area contributed by atoms with Crippen LogP contribution in [0.2, 0.25) is 5.02 Å². The molecule has 168 valence electrons. The minimum absolute atomic E-state index is 0.251. The lowest BCUT2D eigenvalue weighted by Crippen LogP contribution is -2.53. The summed E-state index contributed by atoms with van der Waals surface area (Å²) in [4.78, 5) is 2.25. The van der Waals surface area contributed by atoms with Gasteiger partial charge in [0.1, 0.15) is 0 Å². The summed E-state index contributed by atoms with van der Waals surface area (Å²) in [5.74, 6) is 1.39. The Hall–Kier alpha value is -2.07. The fourth-order valence-electron chi connectivity index (χ4n) is 3.35. The van der Waals surface area contributed by atoms with E-state index in [0.717, 1.165) is 12.0 Å². The van der Waals surface area contributed by atoms with Crippen molar-refractivity contribution in [2.45, 2.75) is 11.3 Å². The Bertz CT molecular complexity index is 1010. The predicted molar refractivity (Wildman–Crippen MR) is 126 cm³/mol. The quantitative estimate of drug-likeness (QED) is 0.607. The molecule has 0 saturated carbocycles. The number of halogens is 1. The number of nitrogens with one attached hydrogen (secondary N) is 1. The van der Waals surface area contributed by atoms with Crippen LogP contribution in [0.4, 0.5) is 0 Å². The molecule has 0 radical (unpaired) electrons. The summed E-state index contributed by atoms with van der Waals surface area (Å²) >= 11 is 11.4. The predicted octanol–water partition coefficient (Wildman–Crippen LogP) is 2.78. The average molecular weight is 484 g/mol. The number of nitrogens with zero attached hydrogens (tertiary/aromatic N) is 2. The molecular weight excluding hydrogens is 458 g/mol. The Morgan fingerprint density at radius 2 is 1.68 bits per heavy atom. The third kappa shape index (κ3) is 5.79. The monoisotopic (exact) mass is 483 g/mol. The van der Waals surface area contributed by atoms with Gasteiger partial charge in [0.15, 0.2) is 16.6 Å². The van der Waals surface area contributed by atoms with Gasteiger partial charge in [0.25, 0.3) is 0 Å². The molecule has 1 saturated heterocycles. The van der Waals surface area contributed by atoms with Crippen molar-refractivity contribution in [1.29, 1.82) is 0 Å². The van der Waals surface area contributed by atoms with Gasteiger partial charge in [-0.1, -0.05) is 17.7 Å². The fraction of sp³-hybridized carbons (Fsp3) is 0.381. The number of hydrogen-bond donors (Lipinski definition) is 1. The maximum absolute atomic E-state index is 12.8. The molecule has 1 heterocycles. The van der Waals surface area contributed by atoms with Crippen LogP contribution in [0.1, 0.15) is 5.56 Å². The third-order valence-electron chi connectivity index (χ3n) is 5.12. The standard InChI is InChI=1S/C21H26ClN3O4S2/c1-28-19-8-3-16(15-20(19)29-2)9-10-23-21(30)24-11-13-25(14-12-24)31(26,27)18-6-4-17(22)5-7-18/h3-8,15H,9-14H2,1-2H3,(H,23,30). The van der Waals surface area contributed by atoms with E-state index in [-0.39, 0.29) is 4.90 Å². The number of rotatable bonds is 7. The lowest BCUT2D eigenvalue weighted by atomic mass is 10.1. The van der Waals surface area contributed by atoms with Crippen molar-refractivity contribution < 1.29 is 17.9 Å². The zero-order valence-corrected chi connectivity index (χ0v) is 19.9. The van der Waals surface area contributed by atoms with Gasteiger partial charge >= 0.3 is 0 Å². The van der Waals surface area contributed by atoms with E-state index in [1.54, 1.807) is 26.4 Å². The van der Waals surface area contributed by atoms with E-state index in [1.807, 2.05) is 23.1 Å². The van der Waals surface area contributed by atoms with Crippen LogP contribution in [-0.4, -0.2) is 69.7 Å². The first kappa shape index (κ1) is 23.6. The van der Waals surface area contributed by atoms with E-state index >= 15 is 0 Å². The second-order valence-electron chi connectivity index (χ2n) is 7.02. The minimum atomic E-state index is -3.53. The molecule has 0 amide bonds. The van der Waals surface area contributed by atoms with Crippen LogP contribution < -0.4 is 14.8 Å². The highest BCUT2D eigenvalue weighted by Crippen LogP contribution is 2.27. The molecule has 0 unspecified atom stereocenters. The summed E-state index contributed by atoms with van der Waals surface area (Å²) in [5.41, 5.74) is 1.10. The van der Waals surface area contributed by atoms with E-state index in [9.17, 15) is 8.42 Å². The first-order valence-corrected chi connectivity index (χ1v) is 12.1. The molecule has 0 spiro atoms. The average Bonchev–Trinajstić information content (AvgIpc) is 2.79. The van der Waals surface area contributed by atoms with Crippen LogP contribution in [0.5, 0.6) is 11.5 Å². The van der Waals surface area contributed by atoms with Crippen LogP contribution in [0.3, 0.4) is 0 Å². The maximum Gasteiger partial charge on any atom is 0.243 e. The maximum atomic E-state index is 12.8. The van der Waals surface area contributed by atoms with Crippen molar-refractivity contribution in [3.8, 4) is 11.5 Å². The summed E-state index contributed by atoms with van der Waals surface area (Å²) in [6, 6.07) is 12.1. The number of thiocarbonyl (C=S) groups is 1. The Balaban J connectivity index is 1.48. The number of methoxy groups -OCH3 is 2. The molecule has 0 atom stereocenters. The summed E-state index contributed by atoms with van der Waals surface area (Å²) in [7, 11) is -0.309. The van der Waals surface area contributed by atoms with Crippen LogP contribution >= 0.6 is 23.8 Å². The summed E-state index contributed by atoms with van der Waals surface area (Å²) in [6.45, 7) is 2.49. The van der Waals surface area contributed by atoms with Gasteiger partial charge < -0.3 is 19.7 Å². The Morgan fingerprint density at radius 3 is 2.29 bits per heavy atom. The molecule has 2 aromatic rings. The molecule has 10 heteroatoms. The molecule has 1 fully saturated rings. The number of ether oxygens (including phenoxy) is 2. The molecule has 0 aliphatic carbocycles. The summed E-state index contributed by atoms with van der Waals surface area (Å²) < 4.78 is 37.7. The molecule has 31 heavy (non-hydrogen) atoms. The number of hydrogen-bond acceptors (Lipinski definition) is 5. The highest BCUT2D eigenvalue weighted by Gasteiger charge is 2.29. The van der Waals surface area contributed by atoms with Crippen molar-refractivity contribution in [1.82, 2.24) is 14.5 Å². The minimum Gasteiger partial charge on any atom is -0.493 e. The van der Waals surface area contributed by atoms with Crippen molar-refractivity contribution in [2.75, 3.05) is 46.9 Å². The van der Waals surface area contributed by atoms with Crippen molar-refractivity contribution in [3.63, 3.8) is 0 Å². The van der Waals surface area contributed by atoms with E-state index in [1.165, 1.54) is 16.4 Å². The van der Waals surface area contributed by atoms with Gasteiger partial charge in [-0.3, -0.25) is 0 Å². The van der Waals surface area contributed by atoms with Crippen LogP contribution in [0, 0.1) is 0 Å². The lowest BCUT2D eigenvalue weighted by molar-refractivity contribution is 0.264. The first-order valence-electron chi connectivity index (χ1n) is 9.84. The normalized spacial score (nSPS) is 14.9. The molecule has 3 rings (SSSR count). The SMILES string of the molecule is COc1ccc(CCNC(=S)N2CCN(S(=O)(=O)c3ccc(Cl)cc3)CC2)cc1OC. The van der Waals surface area contributed by atoms with Gasteiger partial charge in [0.2, 0.25) is 10.0 Å². The highest BCUT2D eigenvalue weighted by atomic mass is 35.5. The zero-order valence-electron chi connectivity index (χ0n) is 17.5. The topological polar surface area (TPSA) is 71.1 Å². The zero-order chi connectivity index (χ0) is 22.4. The van der Waals surface area contributed by atoms with Gasteiger partial charge in [0, 0.05) is 37.7 Å².